The van der Waals surface area contributed by atoms with Crippen molar-refractivity contribution in [2.45, 2.75) is 32.5 Å². The average Bonchev–Trinajstić information content (AvgIpc) is 2.81. The van der Waals surface area contributed by atoms with Crippen molar-refractivity contribution in [3.8, 4) is 0 Å². The van der Waals surface area contributed by atoms with Gasteiger partial charge in [0.05, 0.1) is 6.54 Å². The maximum absolute atomic E-state index is 6.00. The highest BCUT2D eigenvalue weighted by molar-refractivity contribution is 6.30. The number of benzene rings is 1. The number of nitrogens with zero attached hydrogens (tertiary/aromatic N) is 2. The zero-order chi connectivity index (χ0) is 13.0. The van der Waals surface area contributed by atoms with Crippen molar-refractivity contribution in [1.82, 2.24) is 15.1 Å². The molecule has 0 aliphatic rings. The Bertz CT molecular complexity index is 482. The van der Waals surface area contributed by atoms with Gasteiger partial charge in [-0.25, -0.2) is 0 Å². The zero-order valence-corrected chi connectivity index (χ0v) is 11.4. The van der Waals surface area contributed by atoms with Gasteiger partial charge in [-0.15, -0.1) is 0 Å². The lowest BCUT2D eigenvalue weighted by Gasteiger charge is -2.20. The highest BCUT2D eigenvalue weighted by atomic mass is 35.5. The quantitative estimate of drug-likeness (QED) is 0.897. The van der Waals surface area contributed by atoms with Crippen LogP contribution in [0.25, 0.3) is 0 Å². The summed E-state index contributed by atoms with van der Waals surface area (Å²) in [6.45, 7) is 5.16. The van der Waals surface area contributed by atoms with E-state index in [9.17, 15) is 0 Å². The molecule has 2 unspecified atom stereocenters. The van der Waals surface area contributed by atoms with Crippen molar-refractivity contribution < 1.29 is 0 Å². The lowest BCUT2D eigenvalue weighted by molar-refractivity contribution is 0.413. The highest BCUT2D eigenvalue weighted by Crippen LogP contribution is 2.17. The molecule has 1 heterocycles. The number of aromatic nitrogens is 2. The topological polar surface area (TPSA) is 29.9 Å². The number of hydrogen-bond donors (Lipinski definition) is 1. The van der Waals surface area contributed by atoms with Gasteiger partial charge in [-0.05, 0) is 37.6 Å². The molecule has 3 nitrogen and oxygen atoms in total. The molecule has 1 aromatic carbocycles. The molecule has 18 heavy (non-hydrogen) atoms. The lowest BCUT2D eigenvalue weighted by atomic mass is 10.1. The third-order valence-electron chi connectivity index (χ3n) is 2.90. The predicted molar refractivity (Wildman–Crippen MR) is 74.7 cm³/mol. The number of halogens is 1. The van der Waals surface area contributed by atoms with E-state index in [1.165, 1.54) is 5.56 Å². The maximum Gasteiger partial charge on any atom is 0.0560 e. The first-order valence-corrected chi connectivity index (χ1v) is 6.52. The number of hydrogen-bond acceptors (Lipinski definition) is 2. The van der Waals surface area contributed by atoms with E-state index < -0.39 is 0 Å². The van der Waals surface area contributed by atoms with Crippen LogP contribution in [0.5, 0.6) is 0 Å². The van der Waals surface area contributed by atoms with E-state index in [0.717, 1.165) is 11.6 Å². The minimum absolute atomic E-state index is 0.272. The van der Waals surface area contributed by atoms with Gasteiger partial charge in [-0.2, -0.15) is 5.10 Å². The zero-order valence-electron chi connectivity index (χ0n) is 10.7. The summed E-state index contributed by atoms with van der Waals surface area (Å²) in [6, 6.07) is 10.5. The van der Waals surface area contributed by atoms with Crippen molar-refractivity contribution in [2.75, 3.05) is 0 Å². The van der Waals surface area contributed by atoms with E-state index in [2.05, 4.69) is 30.3 Å². The third kappa shape index (κ3) is 3.59. The molecule has 0 spiro atoms. The summed E-state index contributed by atoms with van der Waals surface area (Å²) in [4.78, 5) is 0. The SMILES string of the molecule is CC(Cn1cccn1)NC(C)c1cccc(Cl)c1. The molecule has 0 aliphatic heterocycles. The molecule has 4 heteroatoms. The van der Waals surface area contributed by atoms with Crippen LogP contribution in [0.2, 0.25) is 5.02 Å². The van der Waals surface area contributed by atoms with Crippen molar-refractivity contribution in [2.24, 2.45) is 0 Å². The Morgan fingerprint density at radius 3 is 2.83 bits per heavy atom. The van der Waals surface area contributed by atoms with Crippen molar-refractivity contribution >= 4 is 11.6 Å². The summed E-state index contributed by atoms with van der Waals surface area (Å²) >= 11 is 6.00. The van der Waals surface area contributed by atoms with Crippen molar-refractivity contribution in [3.63, 3.8) is 0 Å². The molecule has 2 rings (SSSR count). The van der Waals surface area contributed by atoms with Gasteiger partial charge in [0.2, 0.25) is 0 Å². The smallest absolute Gasteiger partial charge is 0.0560 e. The Kier molecular flexibility index (Phi) is 4.39. The van der Waals surface area contributed by atoms with Gasteiger partial charge in [0, 0.05) is 29.5 Å². The molecule has 0 radical (unpaired) electrons. The van der Waals surface area contributed by atoms with Crippen LogP contribution < -0.4 is 5.32 Å². The van der Waals surface area contributed by atoms with Crippen LogP contribution in [0.3, 0.4) is 0 Å². The van der Waals surface area contributed by atoms with Gasteiger partial charge in [0.15, 0.2) is 0 Å². The van der Waals surface area contributed by atoms with Crippen LogP contribution >= 0.6 is 11.6 Å². The van der Waals surface area contributed by atoms with Crippen LogP contribution in [-0.4, -0.2) is 15.8 Å². The molecule has 2 aromatic rings. The Morgan fingerprint density at radius 1 is 1.33 bits per heavy atom. The molecule has 0 bridgehead atoms. The van der Waals surface area contributed by atoms with Gasteiger partial charge in [-0.3, -0.25) is 4.68 Å². The van der Waals surface area contributed by atoms with Crippen LogP contribution in [0.4, 0.5) is 0 Å². The maximum atomic E-state index is 6.00. The Morgan fingerprint density at radius 2 is 2.17 bits per heavy atom. The van der Waals surface area contributed by atoms with Gasteiger partial charge >= 0.3 is 0 Å². The highest BCUT2D eigenvalue weighted by Gasteiger charge is 2.10. The molecule has 0 saturated heterocycles. The third-order valence-corrected chi connectivity index (χ3v) is 3.14. The van der Waals surface area contributed by atoms with E-state index >= 15 is 0 Å². The molecule has 2 atom stereocenters. The van der Waals surface area contributed by atoms with E-state index in [4.69, 9.17) is 11.6 Å². The first kappa shape index (κ1) is 13.1. The molecule has 0 fully saturated rings. The second-order valence-corrected chi connectivity index (χ2v) is 5.01. The minimum atomic E-state index is 0.272. The second-order valence-electron chi connectivity index (χ2n) is 4.57. The Hall–Kier alpha value is -1.32. The van der Waals surface area contributed by atoms with Crippen LogP contribution in [-0.2, 0) is 6.54 Å². The fraction of sp³-hybridized carbons (Fsp3) is 0.357. The number of nitrogens with one attached hydrogen (secondary N) is 1. The Balaban J connectivity index is 1.92. The molecule has 1 aromatic heterocycles. The van der Waals surface area contributed by atoms with E-state index in [-0.39, 0.29) is 6.04 Å². The summed E-state index contributed by atoms with van der Waals surface area (Å²) in [5.41, 5.74) is 1.20. The molecular formula is C14H18ClN3. The summed E-state index contributed by atoms with van der Waals surface area (Å²) < 4.78 is 1.93. The van der Waals surface area contributed by atoms with Gasteiger partial charge in [0.1, 0.15) is 0 Å². The van der Waals surface area contributed by atoms with Crippen LogP contribution in [0.1, 0.15) is 25.5 Å². The van der Waals surface area contributed by atoms with Gasteiger partial charge in [0.25, 0.3) is 0 Å². The first-order valence-electron chi connectivity index (χ1n) is 6.14. The number of rotatable bonds is 5. The lowest BCUT2D eigenvalue weighted by Crippen LogP contribution is -2.32. The second kappa shape index (κ2) is 6.03. The van der Waals surface area contributed by atoms with E-state index in [1.54, 1.807) is 6.20 Å². The van der Waals surface area contributed by atoms with Gasteiger partial charge in [-0.1, -0.05) is 23.7 Å². The fourth-order valence-corrected chi connectivity index (χ4v) is 2.24. The standard InChI is InChI=1S/C14H18ClN3/c1-11(10-18-8-4-7-16-18)17-12(2)13-5-3-6-14(15)9-13/h3-9,11-12,17H,10H2,1-2H3. The summed E-state index contributed by atoms with van der Waals surface area (Å²) in [7, 11) is 0. The van der Waals surface area contributed by atoms with E-state index in [1.807, 2.05) is 35.1 Å². The molecule has 0 aliphatic carbocycles. The monoisotopic (exact) mass is 263 g/mol. The molecule has 96 valence electrons. The summed E-state index contributed by atoms with van der Waals surface area (Å²) in [5, 5.41) is 8.53. The molecular weight excluding hydrogens is 246 g/mol. The molecule has 0 amide bonds. The minimum Gasteiger partial charge on any atom is -0.306 e. The first-order chi connectivity index (χ1) is 8.65. The van der Waals surface area contributed by atoms with Crippen LogP contribution in [0.15, 0.2) is 42.7 Å². The average molecular weight is 264 g/mol. The Labute approximate surface area is 113 Å². The fourth-order valence-electron chi connectivity index (χ4n) is 2.04. The van der Waals surface area contributed by atoms with Crippen molar-refractivity contribution in [1.29, 1.82) is 0 Å². The molecule has 0 saturated carbocycles. The van der Waals surface area contributed by atoms with Crippen LogP contribution in [0, 0.1) is 0 Å². The van der Waals surface area contributed by atoms with Crippen molar-refractivity contribution in [3.05, 3.63) is 53.3 Å². The predicted octanol–water partition coefficient (Wildman–Crippen LogP) is 3.28. The van der Waals surface area contributed by atoms with Gasteiger partial charge < -0.3 is 5.32 Å². The summed E-state index contributed by atoms with van der Waals surface area (Å²) in [5.74, 6) is 0. The van der Waals surface area contributed by atoms with E-state index in [0.29, 0.717) is 6.04 Å². The molecule has 1 N–H and O–H groups in total. The largest absolute Gasteiger partial charge is 0.306 e. The summed E-state index contributed by atoms with van der Waals surface area (Å²) in [6.07, 6.45) is 3.77. The normalized spacial score (nSPS) is 14.4.